The Morgan fingerprint density at radius 3 is 2.19 bits per heavy atom. The molecule has 0 atom stereocenters. The van der Waals surface area contributed by atoms with Crippen LogP contribution in [0.1, 0.15) is 22.3 Å². The molecule has 0 saturated carbocycles. The topological polar surface area (TPSA) is 42.2 Å². The van der Waals surface area contributed by atoms with Crippen molar-refractivity contribution in [1.82, 2.24) is 3.97 Å². The van der Waals surface area contributed by atoms with Gasteiger partial charge in [0.1, 0.15) is 5.82 Å². The maximum atomic E-state index is 14.7. The highest BCUT2D eigenvalue weighted by Crippen LogP contribution is 2.45. The lowest BCUT2D eigenvalue weighted by Crippen LogP contribution is -1.96. The first-order valence-corrected chi connectivity index (χ1v) is 14.0. The molecule has 6 aromatic rings. The van der Waals surface area contributed by atoms with Crippen LogP contribution in [0.25, 0.3) is 44.4 Å². The Balaban J connectivity index is 1.59. The Hall–Kier alpha value is -4.46. The van der Waals surface area contributed by atoms with Crippen LogP contribution in [-0.4, -0.2) is 15.0 Å². The number of carbonyl (C=O) groups is 1. The van der Waals surface area contributed by atoms with Gasteiger partial charge in [0.2, 0.25) is 0 Å². The normalized spacial score (nSPS) is 11.4. The zero-order valence-electron chi connectivity index (χ0n) is 21.8. The van der Waals surface area contributed by atoms with E-state index in [-0.39, 0.29) is 16.9 Å². The molecule has 0 aliphatic heterocycles. The highest BCUT2D eigenvalue weighted by atomic mass is 35.5. The summed E-state index contributed by atoms with van der Waals surface area (Å²) >= 11 is 7.87. The fraction of sp³-hybridized carbons (Fsp3) is 0.0294. The highest BCUT2D eigenvalue weighted by Gasteiger charge is 2.22. The van der Waals surface area contributed by atoms with E-state index in [9.17, 15) is 23.1 Å². The van der Waals surface area contributed by atoms with Crippen molar-refractivity contribution in [3.05, 3.63) is 137 Å². The predicted molar refractivity (Wildman–Crippen MR) is 163 cm³/mol. The van der Waals surface area contributed by atoms with Crippen LogP contribution in [0.2, 0.25) is 5.02 Å². The zero-order chi connectivity index (χ0) is 29.4. The molecule has 208 valence electrons. The molecule has 6 rings (SSSR count). The smallest absolute Gasteiger partial charge is 0.335 e. The third-order valence-corrected chi connectivity index (χ3v) is 8.30. The third-order valence-electron chi connectivity index (χ3n) is 6.94. The minimum atomic E-state index is -2.57. The fourth-order valence-electron chi connectivity index (χ4n) is 4.98. The average Bonchev–Trinajstić information content (AvgIpc) is 3.30. The number of rotatable bonds is 7. The van der Waals surface area contributed by atoms with Gasteiger partial charge in [0.05, 0.1) is 16.8 Å². The number of aromatic nitrogens is 1. The molecule has 0 aliphatic carbocycles. The lowest BCUT2D eigenvalue weighted by atomic mass is 9.96. The van der Waals surface area contributed by atoms with Gasteiger partial charge in [0.25, 0.3) is 6.43 Å². The number of fused-ring (bicyclic) bond motifs is 1. The molecule has 0 spiro atoms. The monoisotopic (exact) mass is 599 g/mol. The summed E-state index contributed by atoms with van der Waals surface area (Å²) in [5, 5.41) is 10.4. The van der Waals surface area contributed by atoms with Crippen LogP contribution < -0.4 is 0 Å². The first-order chi connectivity index (χ1) is 20.3. The maximum Gasteiger partial charge on any atom is 0.335 e. The maximum absolute atomic E-state index is 14.7. The van der Waals surface area contributed by atoms with Crippen molar-refractivity contribution in [2.45, 2.75) is 11.3 Å². The van der Waals surface area contributed by atoms with E-state index in [0.717, 1.165) is 38.4 Å². The molecule has 0 unspecified atom stereocenters. The van der Waals surface area contributed by atoms with Crippen molar-refractivity contribution in [1.29, 1.82) is 0 Å². The first-order valence-electron chi connectivity index (χ1n) is 12.9. The molecule has 0 aliphatic rings. The molecule has 0 amide bonds. The van der Waals surface area contributed by atoms with E-state index in [1.807, 2.05) is 58.6 Å². The van der Waals surface area contributed by atoms with Gasteiger partial charge >= 0.3 is 5.97 Å². The second kappa shape index (κ2) is 11.4. The van der Waals surface area contributed by atoms with Gasteiger partial charge in [-0.25, -0.2) is 18.0 Å². The summed E-state index contributed by atoms with van der Waals surface area (Å²) < 4.78 is 43.1. The molecule has 0 saturated heterocycles. The number of alkyl halides is 2. The minimum absolute atomic E-state index is 0.0671. The van der Waals surface area contributed by atoms with Crippen LogP contribution in [0.3, 0.4) is 0 Å². The molecule has 1 aromatic heterocycles. The minimum Gasteiger partial charge on any atom is -0.478 e. The van der Waals surface area contributed by atoms with Gasteiger partial charge in [-0.3, -0.25) is 3.97 Å². The molecule has 42 heavy (non-hydrogen) atoms. The molecule has 0 radical (unpaired) electrons. The Morgan fingerprint density at radius 1 is 0.786 bits per heavy atom. The Labute approximate surface area is 249 Å². The van der Waals surface area contributed by atoms with Crippen molar-refractivity contribution >= 4 is 40.4 Å². The quantitative estimate of drug-likeness (QED) is 0.198. The van der Waals surface area contributed by atoms with Gasteiger partial charge in [-0.15, -0.1) is 0 Å². The van der Waals surface area contributed by atoms with Gasteiger partial charge in [-0.05, 0) is 71.6 Å². The highest BCUT2D eigenvalue weighted by molar-refractivity contribution is 7.98. The lowest BCUT2D eigenvalue weighted by Gasteiger charge is -2.14. The second-order valence-electron chi connectivity index (χ2n) is 9.59. The van der Waals surface area contributed by atoms with E-state index in [1.54, 1.807) is 24.3 Å². The summed E-state index contributed by atoms with van der Waals surface area (Å²) in [5.41, 5.74) is 5.47. The van der Waals surface area contributed by atoms with Crippen LogP contribution in [-0.2, 0) is 0 Å². The zero-order valence-corrected chi connectivity index (χ0v) is 23.3. The molecule has 1 N–H and O–H groups in total. The van der Waals surface area contributed by atoms with Gasteiger partial charge in [-0.2, -0.15) is 0 Å². The standard InChI is InChI=1S/C34H21ClF3NO2S/c35-29-18-24(34(40)41)11-15-27(29)22-7-4-8-23(17-22)32-31(20-5-2-1-3-6-20)28-19-25(36)12-16-30(28)39(32)42-26-13-9-21(10-14-26)33(37)38/h1-19,33H,(H,40,41). The molecular weight excluding hydrogens is 579 g/mol. The molecular formula is C34H21ClF3NO2S. The summed E-state index contributed by atoms with van der Waals surface area (Å²) in [6.45, 7) is 0. The average molecular weight is 600 g/mol. The molecule has 1 heterocycles. The van der Waals surface area contributed by atoms with E-state index < -0.39 is 12.4 Å². The van der Waals surface area contributed by atoms with E-state index >= 15 is 0 Å². The molecule has 0 fully saturated rings. The number of nitrogens with zero attached hydrogens (tertiary/aromatic N) is 1. The Morgan fingerprint density at radius 2 is 1.50 bits per heavy atom. The van der Waals surface area contributed by atoms with Gasteiger partial charge in [0.15, 0.2) is 0 Å². The number of aromatic carboxylic acids is 1. The number of halogens is 4. The van der Waals surface area contributed by atoms with Crippen molar-refractivity contribution < 1.29 is 23.1 Å². The van der Waals surface area contributed by atoms with Crippen LogP contribution in [0.15, 0.2) is 120 Å². The Kier molecular flexibility index (Phi) is 7.54. The van der Waals surface area contributed by atoms with E-state index in [4.69, 9.17) is 11.6 Å². The summed E-state index contributed by atoms with van der Waals surface area (Å²) in [5.74, 6) is -1.45. The van der Waals surface area contributed by atoms with Gasteiger partial charge < -0.3 is 5.11 Å². The van der Waals surface area contributed by atoms with Crippen LogP contribution in [0.4, 0.5) is 13.2 Å². The molecule has 5 aromatic carbocycles. The van der Waals surface area contributed by atoms with E-state index in [2.05, 4.69) is 0 Å². The van der Waals surface area contributed by atoms with Gasteiger partial charge in [-0.1, -0.05) is 78.3 Å². The number of benzene rings is 5. The summed E-state index contributed by atoms with van der Waals surface area (Å²) in [6, 6.07) is 32.6. The number of hydrogen-bond acceptors (Lipinski definition) is 2. The first kappa shape index (κ1) is 27.7. The number of hydrogen-bond donors (Lipinski definition) is 1. The van der Waals surface area contributed by atoms with Crippen LogP contribution in [0.5, 0.6) is 0 Å². The van der Waals surface area contributed by atoms with Crippen LogP contribution in [0, 0.1) is 5.82 Å². The molecule has 3 nitrogen and oxygen atoms in total. The Bertz CT molecular complexity index is 1940. The molecule has 0 bridgehead atoms. The second-order valence-corrected chi connectivity index (χ2v) is 11.0. The van der Waals surface area contributed by atoms with Crippen LogP contribution >= 0.6 is 23.5 Å². The third kappa shape index (κ3) is 5.29. The SMILES string of the molecule is O=C(O)c1ccc(-c2cccc(-c3c(-c4ccccc4)c4cc(F)ccc4n3Sc3ccc(C(F)F)cc3)c2)c(Cl)c1. The number of carboxylic acids is 1. The summed E-state index contributed by atoms with van der Waals surface area (Å²) in [6.07, 6.45) is -2.57. The predicted octanol–water partition coefficient (Wildman–Crippen LogP) is 10.6. The van der Waals surface area contributed by atoms with Gasteiger partial charge in [0, 0.05) is 37.6 Å². The van der Waals surface area contributed by atoms with E-state index in [0.29, 0.717) is 16.0 Å². The van der Waals surface area contributed by atoms with Crippen molar-refractivity contribution in [3.63, 3.8) is 0 Å². The number of carboxylic acid groups (broad SMARTS) is 1. The van der Waals surface area contributed by atoms with Crippen molar-refractivity contribution in [2.75, 3.05) is 0 Å². The van der Waals surface area contributed by atoms with E-state index in [1.165, 1.54) is 48.3 Å². The lowest BCUT2D eigenvalue weighted by molar-refractivity contribution is 0.0697. The summed E-state index contributed by atoms with van der Waals surface area (Å²) in [4.78, 5) is 12.2. The largest absolute Gasteiger partial charge is 0.478 e. The summed E-state index contributed by atoms with van der Waals surface area (Å²) in [7, 11) is 0. The molecule has 8 heteroatoms. The van der Waals surface area contributed by atoms with Crippen molar-refractivity contribution in [2.24, 2.45) is 0 Å². The van der Waals surface area contributed by atoms with Crippen molar-refractivity contribution in [3.8, 4) is 33.5 Å². The fourth-order valence-corrected chi connectivity index (χ4v) is 6.29.